The van der Waals surface area contributed by atoms with E-state index < -0.39 is 0 Å². The highest BCUT2D eigenvalue weighted by Gasteiger charge is 2.05. The Balaban J connectivity index is 2.33. The molecule has 1 amide bonds. The summed E-state index contributed by atoms with van der Waals surface area (Å²) in [5.74, 6) is 1.27. The number of carbonyl (C=O) groups is 1. The second kappa shape index (κ2) is 7.15. The minimum Gasteiger partial charge on any atom is -0.368 e. The van der Waals surface area contributed by atoms with Crippen molar-refractivity contribution < 1.29 is 4.79 Å². The highest BCUT2D eigenvalue weighted by atomic mass is 79.9. The number of aromatic nitrogens is 2. The van der Waals surface area contributed by atoms with Crippen LogP contribution in [-0.4, -0.2) is 29.0 Å². The van der Waals surface area contributed by atoms with E-state index in [9.17, 15) is 4.79 Å². The van der Waals surface area contributed by atoms with Crippen LogP contribution in [0.4, 0.5) is 11.8 Å². The Kier molecular flexibility index (Phi) is 5.84. The topological polar surface area (TPSA) is 92.9 Å². The minimum atomic E-state index is 0.0225. The number of nitrogens with zero attached hydrogens (tertiary/aromatic N) is 2. The van der Waals surface area contributed by atoms with Crippen molar-refractivity contribution in [3.63, 3.8) is 0 Å². The maximum absolute atomic E-state index is 11.5. The smallest absolute Gasteiger partial charge is 0.221 e. The van der Waals surface area contributed by atoms with Crippen LogP contribution in [0.3, 0.4) is 0 Å². The lowest BCUT2D eigenvalue weighted by Crippen LogP contribution is -2.28. The van der Waals surface area contributed by atoms with Gasteiger partial charge in [-0.3, -0.25) is 4.79 Å². The van der Waals surface area contributed by atoms with Gasteiger partial charge in [0.1, 0.15) is 5.82 Å². The van der Waals surface area contributed by atoms with Gasteiger partial charge in [0, 0.05) is 25.7 Å². The molecule has 0 radical (unpaired) electrons. The van der Waals surface area contributed by atoms with E-state index in [4.69, 9.17) is 5.73 Å². The molecule has 1 aromatic heterocycles. The number of nitrogens with one attached hydrogen (secondary N) is 2. The zero-order valence-corrected chi connectivity index (χ0v) is 12.1. The number of hydrogen-bond donors (Lipinski definition) is 3. The van der Waals surface area contributed by atoms with E-state index in [0.29, 0.717) is 31.2 Å². The third-order valence-electron chi connectivity index (χ3n) is 2.11. The zero-order valence-electron chi connectivity index (χ0n) is 10.5. The second-order valence-electron chi connectivity index (χ2n) is 4.30. The molecule has 0 unspecified atom stereocenters. The molecule has 0 saturated heterocycles. The van der Waals surface area contributed by atoms with Gasteiger partial charge in [-0.2, -0.15) is 4.98 Å². The molecular formula is C11H18BrN5O. The Bertz CT molecular complexity index is 410. The monoisotopic (exact) mass is 315 g/mol. The summed E-state index contributed by atoms with van der Waals surface area (Å²) in [6.45, 7) is 5.31. The third kappa shape index (κ3) is 5.31. The van der Waals surface area contributed by atoms with Gasteiger partial charge in [-0.15, -0.1) is 0 Å². The molecule has 0 bridgehead atoms. The number of hydrogen-bond acceptors (Lipinski definition) is 5. The normalized spacial score (nSPS) is 10.4. The molecular weight excluding hydrogens is 298 g/mol. The van der Waals surface area contributed by atoms with Gasteiger partial charge in [-0.1, -0.05) is 13.8 Å². The van der Waals surface area contributed by atoms with Gasteiger partial charge in [0.15, 0.2) is 0 Å². The number of rotatable bonds is 6. The molecule has 0 fully saturated rings. The molecule has 0 aliphatic rings. The lowest BCUT2D eigenvalue weighted by Gasteiger charge is -2.09. The molecule has 0 spiro atoms. The molecule has 0 saturated carbocycles. The van der Waals surface area contributed by atoms with Gasteiger partial charge in [0.05, 0.1) is 4.47 Å². The first-order valence-corrected chi connectivity index (χ1v) is 6.57. The molecule has 0 aliphatic heterocycles. The molecule has 0 aliphatic carbocycles. The lowest BCUT2D eigenvalue weighted by molar-refractivity contribution is -0.120. The standard InChI is InChI=1S/C11H18BrN5O/c1-7(2)5-15-9(18)3-4-14-10-8(12)6-16-11(13)17-10/h6-7H,3-5H2,1-2H3,(H,15,18)(H3,13,14,16,17). The highest BCUT2D eigenvalue weighted by molar-refractivity contribution is 9.10. The van der Waals surface area contributed by atoms with Gasteiger partial charge >= 0.3 is 0 Å². The molecule has 100 valence electrons. The first-order chi connectivity index (χ1) is 8.49. The fourth-order valence-corrected chi connectivity index (χ4v) is 1.54. The van der Waals surface area contributed by atoms with Crippen molar-refractivity contribution in [2.24, 2.45) is 5.92 Å². The Morgan fingerprint density at radius 1 is 1.56 bits per heavy atom. The summed E-state index contributed by atoms with van der Waals surface area (Å²) in [7, 11) is 0. The largest absolute Gasteiger partial charge is 0.368 e. The van der Waals surface area contributed by atoms with Gasteiger partial charge in [0.25, 0.3) is 0 Å². The molecule has 6 nitrogen and oxygen atoms in total. The van der Waals surface area contributed by atoms with Crippen molar-refractivity contribution >= 4 is 33.6 Å². The summed E-state index contributed by atoms with van der Waals surface area (Å²) >= 11 is 3.30. The van der Waals surface area contributed by atoms with Crippen molar-refractivity contribution in [1.29, 1.82) is 0 Å². The van der Waals surface area contributed by atoms with Crippen LogP contribution < -0.4 is 16.4 Å². The summed E-state index contributed by atoms with van der Waals surface area (Å²) in [6.07, 6.45) is 1.96. The van der Waals surface area contributed by atoms with E-state index in [-0.39, 0.29) is 11.9 Å². The van der Waals surface area contributed by atoms with E-state index in [0.717, 1.165) is 4.47 Å². The number of nitrogens with two attached hydrogens (primary N) is 1. The van der Waals surface area contributed by atoms with E-state index in [1.54, 1.807) is 6.20 Å². The van der Waals surface area contributed by atoms with Crippen molar-refractivity contribution in [3.05, 3.63) is 10.7 Å². The van der Waals surface area contributed by atoms with Crippen molar-refractivity contribution in [2.75, 3.05) is 24.1 Å². The fraction of sp³-hybridized carbons (Fsp3) is 0.545. The minimum absolute atomic E-state index is 0.0225. The second-order valence-corrected chi connectivity index (χ2v) is 5.15. The lowest BCUT2D eigenvalue weighted by atomic mass is 10.2. The Labute approximate surface area is 115 Å². The number of amides is 1. The van der Waals surface area contributed by atoms with Crippen LogP contribution in [0.2, 0.25) is 0 Å². The maximum atomic E-state index is 11.5. The summed E-state index contributed by atoms with van der Waals surface area (Å²) in [5, 5.41) is 5.88. The van der Waals surface area contributed by atoms with Gasteiger partial charge in [0.2, 0.25) is 11.9 Å². The summed E-state index contributed by atoms with van der Waals surface area (Å²) in [4.78, 5) is 19.3. The molecule has 4 N–H and O–H groups in total. The molecule has 1 aromatic rings. The Hall–Kier alpha value is -1.37. The number of carbonyl (C=O) groups excluding carboxylic acids is 1. The predicted octanol–water partition coefficient (Wildman–Crippen LogP) is 1.40. The summed E-state index contributed by atoms with van der Waals surface area (Å²) in [5.41, 5.74) is 5.48. The first kappa shape index (κ1) is 14.7. The van der Waals surface area contributed by atoms with Crippen LogP contribution in [0, 0.1) is 5.92 Å². The van der Waals surface area contributed by atoms with E-state index in [1.165, 1.54) is 0 Å². The SMILES string of the molecule is CC(C)CNC(=O)CCNc1nc(N)ncc1Br. The van der Waals surface area contributed by atoms with Gasteiger partial charge in [-0.05, 0) is 21.8 Å². The van der Waals surface area contributed by atoms with Gasteiger partial charge < -0.3 is 16.4 Å². The van der Waals surface area contributed by atoms with Crippen LogP contribution in [0.1, 0.15) is 20.3 Å². The van der Waals surface area contributed by atoms with Crippen molar-refractivity contribution in [1.82, 2.24) is 15.3 Å². The molecule has 7 heteroatoms. The first-order valence-electron chi connectivity index (χ1n) is 5.77. The van der Waals surface area contributed by atoms with E-state index in [1.807, 2.05) is 0 Å². The average Bonchev–Trinajstić information content (AvgIpc) is 2.31. The van der Waals surface area contributed by atoms with Crippen LogP contribution in [0.5, 0.6) is 0 Å². The van der Waals surface area contributed by atoms with Crippen molar-refractivity contribution in [2.45, 2.75) is 20.3 Å². The number of anilines is 2. The van der Waals surface area contributed by atoms with Crippen LogP contribution in [0.15, 0.2) is 10.7 Å². The van der Waals surface area contributed by atoms with Crippen LogP contribution in [0.25, 0.3) is 0 Å². The average molecular weight is 316 g/mol. The van der Waals surface area contributed by atoms with Crippen molar-refractivity contribution in [3.8, 4) is 0 Å². The third-order valence-corrected chi connectivity index (χ3v) is 2.70. The molecule has 0 atom stereocenters. The predicted molar refractivity (Wildman–Crippen MR) is 75.1 cm³/mol. The summed E-state index contributed by atoms with van der Waals surface area (Å²) < 4.78 is 0.722. The highest BCUT2D eigenvalue weighted by Crippen LogP contribution is 2.18. The number of nitrogen functional groups attached to an aromatic ring is 1. The molecule has 1 rings (SSSR count). The van der Waals surface area contributed by atoms with E-state index >= 15 is 0 Å². The quantitative estimate of drug-likeness (QED) is 0.737. The molecule has 18 heavy (non-hydrogen) atoms. The van der Waals surface area contributed by atoms with E-state index in [2.05, 4.69) is 50.4 Å². The zero-order chi connectivity index (χ0) is 13.5. The Morgan fingerprint density at radius 3 is 2.94 bits per heavy atom. The van der Waals surface area contributed by atoms with Gasteiger partial charge in [-0.25, -0.2) is 4.98 Å². The summed E-state index contributed by atoms with van der Waals surface area (Å²) in [6, 6.07) is 0. The van der Waals surface area contributed by atoms with Crippen LogP contribution >= 0.6 is 15.9 Å². The molecule has 1 heterocycles. The fourth-order valence-electron chi connectivity index (χ4n) is 1.21. The Morgan fingerprint density at radius 2 is 2.28 bits per heavy atom. The maximum Gasteiger partial charge on any atom is 0.221 e. The van der Waals surface area contributed by atoms with Crippen LogP contribution in [-0.2, 0) is 4.79 Å². The molecule has 0 aromatic carbocycles. The number of halogens is 1.